The van der Waals surface area contributed by atoms with Gasteiger partial charge in [0.1, 0.15) is 5.82 Å². The number of halogens is 1. The maximum atomic E-state index is 13.8. The Morgan fingerprint density at radius 3 is 2.11 bits per heavy atom. The predicted molar refractivity (Wildman–Crippen MR) is 154 cm³/mol. The van der Waals surface area contributed by atoms with E-state index in [4.69, 9.17) is 4.98 Å². The first-order chi connectivity index (χ1) is 18.2. The number of hydrogen-bond acceptors (Lipinski definition) is 4. The van der Waals surface area contributed by atoms with E-state index in [-0.39, 0.29) is 5.82 Å². The molecule has 37 heavy (non-hydrogen) atoms. The van der Waals surface area contributed by atoms with E-state index < -0.39 is 0 Å². The molecule has 1 aliphatic heterocycles. The first-order valence-electron chi connectivity index (χ1n) is 12.1. The highest BCUT2D eigenvalue weighted by Gasteiger charge is 2.27. The maximum Gasteiger partial charge on any atom is 0.123 e. The molecular formula is C32H21FN2S2. The second kappa shape index (κ2) is 8.87. The molecule has 2 nitrogen and oxygen atoms in total. The van der Waals surface area contributed by atoms with Crippen molar-refractivity contribution in [2.24, 2.45) is 0 Å². The molecule has 5 heteroatoms. The van der Waals surface area contributed by atoms with E-state index in [2.05, 4.69) is 96.1 Å². The highest BCUT2D eigenvalue weighted by molar-refractivity contribution is 7.99. The number of thiophene rings is 1. The monoisotopic (exact) mass is 516 g/mol. The van der Waals surface area contributed by atoms with Gasteiger partial charge < -0.3 is 4.90 Å². The van der Waals surface area contributed by atoms with Gasteiger partial charge in [-0.15, -0.1) is 11.3 Å². The third-order valence-electron chi connectivity index (χ3n) is 6.75. The van der Waals surface area contributed by atoms with E-state index in [0.29, 0.717) is 0 Å². The van der Waals surface area contributed by atoms with Gasteiger partial charge in [0.25, 0.3) is 0 Å². The van der Waals surface area contributed by atoms with E-state index in [1.807, 2.05) is 0 Å². The molecule has 0 spiro atoms. The molecule has 0 saturated heterocycles. The van der Waals surface area contributed by atoms with Crippen LogP contribution in [0.1, 0.15) is 5.56 Å². The zero-order valence-electron chi connectivity index (χ0n) is 20.0. The molecule has 0 unspecified atom stereocenters. The lowest BCUT2D eigenvalue weighted by atomic mass is 9.98. The van der Waals surface area contributed by atoms with Crippen molar-refractivity contribution in [2.75, 3.05) is 4.90 Å². The Hall–Kier alpha value is -3.93. The normalized spacial score (nSPS) is 12.4. The second-order valence-electron chi connectivity index (χ2n) is 9.04. The van der Waals surface area contributed by atoms with E-state index in [9.17, 15) is 4.39 Å². The van der Waals surface area contributed by atoms with E-state index in [0.717, 1.165) is 44.8 Å². The van der Waals surface area contributed by atoms with Crippen LogP contribution in [0.2, 0.25) is 0 Å². The standard InChI is InChI=1S/C32H21FN2S2/c1-20-12-17-27(35-25-7-2-4-9-29(25)37-30-10-5-3-8-26(30)35)32-31(20)23(28-11-6-18-36-28)19-24(34-32)21-13-15-22(33)16-14-21/h2-19H,1H3. The largest absolute Gasteiger partial charge is 0.306 e. The molecule has 0 N–H and O–H groups in total. The Labute approximate surface area is 223 Å². The van der Waals surface area contributed by atoms with Gasteiger partial charge in [0, 0.05) is 31.2 Å². The molecule has 4 aromatic carbocycles. The Kier molecular flexibility index (Phi) is 5.34. The molecule has 2 aromatic heterocycles. The van der Waals surface area contributed by atoms with Crippen LogP contribution in [0.15, 0.2) is 118 Å². The number of aromatic nitrogens is 1. The van der Waals surface area contributed by atoms with Crippen LogP contribution in [-0.4, -0.2) is 4.98 Å². The van der Waals surface area contributed by atoms with Gasteiger partial charge in [0.2, 0.25) is 0 Å². The van der Waals surface area contributed by atoms with Crippen LogP contribution in [-0.2, 0) is 0 Å². The summed E-state index contributed by atoms with van der Waals surface area (Å²) in [5.74, 6) is -0.251. The Balaban J connectivity index is 1.57. The topological polar surface area (TPSA) is 16.1 Å². The SMILES string of the molecule is Cc1ccc(N2c3ccccc3Sc3ccccc32)c2nc(-c3ccc(F)cc3)cc(-c3cccs3)c12. The molecule has 178 valence electrons. The van der Waals surface area contributed by atoms with Crippen molar-refractivity contribution >= 4 is 51.1 Å². The number of hydrogen-bond donors (Lipinski definition) is 0. The molecule has 0 saturated carbocycles. The fraction of sp³-hybridized carbons (Fsp3) is 0.0312. The maximum absolute atomic E-state index is 13.8. The van der Waals surface area contributed by atoms with Crippen LogP contribution in [0.3, 0.4) is 0 Å². The van der Waals surface area contributed by atoms with E-state index >= 15 is 0 Å². The summed E-state index contributed by atoms with van der Waals surface area (Å²) in [6, 6.07) is 34.4. The number of pyridine rings is 1. The molecule has 6 aromatic rings. The minimum absolute atomic E-state index is 0.251. The van der Waals surface area contributed by atoms with Crippen molar-refractivity contribution in [3.05, 3.63) is 120 Å². The van der Waals surface area contributed by atoms with Gasteiger partial charge in [-0.25, -0.2) is 9.37 Å². The van der Waals surface area contributed by atoms with Gasteiger partial charge in [-0.3, -0.25) is 0 Å². The lowest BCUT2D eigenvalue weighted by Crippen LogP contribution is -2.15. The first-order valence-corrected chi connectivity index (χ1v) is 13.8. The molecule has 1 aliphatic rings. The molecule has 0 atom stereocenters. The number of fused-ring (bicyclic) bond motifs is 3. The van der Waals surface area contributed by atoms with Crippen LogP contribution >= 0.6 is 23.1 Å². The number of benzene rings is 4. The lowest BCUT2D eigenvalue weighted by Gasteiger charge is -2.33. The van der Waals surface area contributed by atoms with Gasteiger partial charge >= 0.3 is 0 Å². The Morgan fingerprint density at radius 2 is 1.43 bits per heavy atom. The summed E-state index contributed by atoms with van der Waals surface area (Å²) in [5.41, 5.74) is 8.29. The van der Waals surface area contributed by atoms with Crippen LogP contribution < -0.4 is 4.90 Å². The highest BCUT2D eigenvalue weighted by atomic mass is 32.2. The number of rotatable bonds is 3. The predicted octanol–water partition coefficient (Wildman–Crippen LogP) is 10.0. The van der Waals surface area contributed by atoms with Gasteiger partial charge in [-0.05, 0) is 84.6 Å². The molecule has 0 radical (unpaired) electrons. The lowest BCUT2D eigenvalue weighted by molar-refractivity contribution is 0.628. The van der Waals surface area contributed by atoms with Crippen LogP contribution in [0, 0.1) is 12.7 Å². The summed E-state index contributed by atoms with van der Waals surface area (Å²) < 4.78 is 13.8. The zero-order chi connectivity index (χ0) is 24.9. The summed E-state index contributed by atoms with van der Waals surface area (Å²) in [7, 11) is 0. The molecule has 7 rings (SSSR count). The third-order valence-corrected chi connectivity index (χ3v) is 8.78. The number of anilines is 3. The zero-order valence-corrected chi connectivity index (χ0v) is 21.6. The fourth-order valence-electron chi connectivity index (χ4n) is 5.04. The Bertz CT molecular complexity index is 1730. The third kappa shape index (κ3) is 3.74. The molecule has 0 bridgehead atoms. The number of aryl methyl sites for hydroxylation is 1. The molecule has 0 fully saturated rings. The Morgan fingerprint density at radius 1 is 0.730 bits per heavy atom. The minimum Gasteiger partial charge on any atom is -0.306 e. The molecule has 0 amide bonds. The van der Waals surface area contributed by atoms with Crippen molar-refractivity contribution in [3.8, 4) is 21.7 Å². The van der Waals surface area contributed by atoms with E-state index in [1.165, 1.54) is 32.4 Å². The van der Waals surface area contributed by atoms with Crippen LogP contribution in [0.25, 0.3) is 32.6 Å². The van der Waals surface area contributed by atoms with Crippen molar-refractivity contribution in [3.63, 3.8) is 0 Å². The smallest absolute Gasteiger partial charge is 0.123 e. The van der Waals surface area contributed by atoms with Gasteiger partial charge in [0.15, 0.2) is 0 Å². The first kappa shape index (κ1) is 22.3. The van der Waals surface area contributed by atoms with Gasteiger partial charge in [-0.1, -0.05) is 48.2 Å². The molecule has 0 aliphatic carbocycles. The van der Waals surface area contributed by atoms with E-state index in [1.54, 1.807) is 35.2 Å². The van der Waals surface area contributed by atoms with Crippen LogP contribution in [0.5, 0.6) is 0 Å². The van der Waals surface area contributed by atoms with Crippen molar-refractivity contribution in [1.29, 1.82) is 0 Å². The average molecular weight is 517 g/mol. The van der Waals surface area contributed by atoms with Gasteiger partial charge in [-0.2, -0.15) is 0 Å². The second-order valence-corrected chi connectivity index (χ2v) is 11.1. The summed E-state index contributed by atoms with van der Waals surface area (Å²) in [4.78, 5) is 11.2. The van der Waals surface area contributed by atoms with Crippen molar-refractivity contribution in [1.82, 2.24) is 4.98 Å². The highest BCUT2D eigenvalue weighted by Crippen LogP contribution is 2.53. The fourth-order valence-corrected chi connectivity index (χ4v) is 6.84. The summed E-state index contributed by atoms with van der Waals surface area (Å²) in [6.07, 6.45) is 0. The van der Waals surface area contributed by atoms with Crippen molar-refractivity contribution in [2.45, 2.75) is 16.7 Å². The van der Waals surface area contributed by atoms with Gasteiger partial charge in [0.05, 0.1) is 28.3 Å². The minimum atomic E-state index is -0.251. The number of para-hydroxylation sites is 2. The van der Waals surface area contributed by atoms with Crippen molar-refractivity contribution < 1.29 is 4.39 Å². The number of nitrogens with zero attached hydrogens (tertiary/aromatic N) is 2. The molecule has 3 heterocycles. The average Bonchev–Trinajstić information content (AvgIpc) is 3.47. The summed E-state index contributed by atoms with van der Waals surface area (Å²) in [6.45, 7) is 2.15. The van der Waals surface area contributed by atoms with Crippen LogP contribution in [0.4, 0.5) is 21.5 Å². The quantitative estimate of drug-likeness (QED) is 0.232. The summed E-state index contributed by atoms with van der Waals surface area (Å²) in [5, 5.41) is 3.24. The molecular weight excluding hydrogens is 495 g/mol. The summed E-state index contributed by atoms with van der Waals surface area (Å²) >= 11 is 3.52.